The zero-order valence-corrected chi connectivity index (χ0v) is 23.1. The van der Waals surface area contributed by atoms with E-state index < -0.39 is 23.5 Å². The monoisotopic (exact) mass is 600 g/mol. The molecule has 1 atom stereocenters. The number of hydrogen-bond acceptors (Lipinski definition) is 4. The molecule has 2 heterocycles. The minimum absolute atomic E-state index is 0.0688. The Kier molecular flexibility index (Phi) is 9.41. The molecule has 0 radical (unpaired) electrons. The Bertz CT molecular complexity index is 1210. The summed E-state index contributed by atoms with van der Waals surface area (Å²) >= 11 is 0. The summed E-state index contributed by atoms with van der Waals surface area (Å²) in [7, 11) is 1.71. The fourth-order valence-electron chi connectivity index (χ4n) is 5.49. The van der Waals surface area contributed by atoms with Gasteiger partial charge in [-0.15, -0.1) is 0 Å². The van der Waals surface area contributed by atoms with E-state index >= 15 is 0 Å². The number of hydrogen-bond donors (Lipinski definition) is 3. The predicted molar refractivity (Wildman–Crippen MR) is 143 cm³/mol. The number of carbonyl (C=O) groups is 2. The fraction of sp³-hybridized carbons (Fsp3) is 0.517. The summed E-state index contributed by atoms with van der Waals surface area (Å²) < 4.78 is 78.7. The van der Waals surface area contributed by atoms with Gasteiger partial charge in [0.25, 0.3) is 5.60 Å². The van der Waals surface area contributed by atoms with Gasteiger partial charge in [0.15, 0.2) is 0 Å². The molecule has 2 aliphatic rings. The number of nitrogens with zero attached hydrogens (tertiary/aromatic N) is 2. The smallest absolute Gasteiger partial charge is 0.369 e. The summed E-state index contributed by atoms with van der Waals surface area (Å²) in [6, 6.07) is 10.9. The van der Waals surface area contributed by atoms with Gasteiger partial charge in [-0.05, 0) is 68.0 Å². The predicted octanol–water partition coefficient (Wildman–Crippen LogP) is 5.20. The second-order valence-electron chi connectivity index (χ2n) is 11.1. The number of benzene rings is 2. The summed E-state index contributed by atoms with van der Waals surface area (Å²) in [6.45, 7) is 2.30. The molecule has 7 nitrogen and oxygen atoms in total. The molecule has 2 aromatic rings. The first-order valence-corrected chi connectivity index (χ1v) is 13.7. The molecule has 0 aliphatic carbocycles. The first kappa shape index (κ1) is 31.6. The highest BCUT2D eigenvalue weighted by Crippen LogP contribution is 2.50. The molecule has 3 amide bonds. The van der Waals surface area contributed by atoms with Gasteiger partial charge in [-0.3, -0.25) is 9.69 Å². The van der Waals surface area contributed by atoms with E-state index in [0.29, 0.717) is 55.2 Å². The zero-order chi connectivity index (χ0) is 30.7. The number of rotatable bonds is 7. The van der Waals surface area contributed by atoms with Gasteiger partial charge < -0.3 is 20.6 Å². The van der Waals surface area contributed by atoms with Crippen molar-refractivity contribution >= 4 is 17.6 Å². The SMILES string of the molecule is CN1CC(NC(=O)Nc2ccc(CC3CCN(Cc4ccc(C(O)(C(F)(F)F)C(F)(F)F)cc4)CC3)cc2)CCC1=O. The van der Waals surface area contributed by atoms with Crippen LogP contribution in [0.1, 0.15) is 42.4 Å². The fourth-order valence-corrected chi connectivity index (χ4v) is 5.49. The maximum atomic E-state index is 13.1. The quantitative estimate of drug-likeness (QED) is 0.382. The van der Waals surface area contributed by atoms with Crippen molar-refractivity contribution in [2.45, 2.75) is 62.6 Å². The molecular weight excluding hydrogens is 566 g/mol. The molecule has 2 aliphatic heterocycles. The van der Waals surface area contributed by atoms with Crippen LogP contribution in [0.3, 0.4) is 0 Å². The van der Waals surface area contributed by atoms with Gasteiger partial charge >= 0.3 is 18.4 Å². The molecule has 0 bridgehead atoms. The van der Waals surface area contributed by atoms with Crippen LogP contribution in [0.5, 0.6) is 0 Å². The van der Waals surface area contributed by atoms with E-state index in [-0.39, 0.29) is 18.0 Å². The number of urea groups is 1. The minimum Gasteiger partial charge on any atom is -0.369 e. The number of alkyl halides is 6. The summed E-state index contributed by atoms with van der Waals surface area (Å²) in [5.74, 6) is 0.476. The third-order valence-electron chi connectivity index (χ3n) is 8.00. The largest absolute Gasteiger partial charge is 0.430 e. The Morgan fingerprint density at radius 1 is 0.905 bits per heavy atom. The van der Waals surface area contributed by atoms with E-state index in [1.54, 1.807) is 11.9 Å². The molecule has 4 rings (SSSR count). The molecule has 2 saturated heterocycles. The maximum Gasteiger partial charge on any atom is 0.430 e. The van der Waals surface area contributed by atoms with Crippen molar-refractivity contribution in [3.05, 3.63) is 65.2 Å². The normalized spacial score (nSPS) is 19.6. The number of likely N-dealkylation sites (tertiary alicyclic amines) is 2. The van der Waals surface area contributed by atoms with E-state index in [0.717, 1.165) is 37.9 Å². The number of amides is 3. The van der Waals surface area contributed by atoms with E-state index in [1.165, 1.54) is 12.1 Å². The van der Waals surface area contributed by atoms with Gasteiger partial charge in [-0.1, -0.05) is 36.4 Å². The van der Waals surface area contributed by atoms with Crippen molar-refractivity contribution in [1.29, 1.82) is 0 Å². The number of likely N-dealkylation sites (N-methyl/N-ethyl adjacent to an activating group) is 1. The first-order chi connectivity index (χ1) is 19.7. The second kappa shape index (κ2) is 12.5. The highest BCUT2D eigenvalue weighted by molar-refractivity contribution is 5.89. The lowest BCUT2D eigenvalue weighted by molar-refractivity contribution is -0.376. The minimum atomic E-state index is -5.91. The van der Waals surface area contributed by atoms with Crippen molar-refractivity contribution in [3.63, 3.8) is 0 Å². The van der Waals surface area contributed by atoms with Gasteiger partial charge in [0.1, 0.15) is 0 Å². The van der Waals surface area contributed by atoms with Crippen LogP contribution in [0.2, 0.25) is 0 Å². The van der Waals surface area contributed by atoms with Crippen LogP contribution >= 0.6 is 0 Å². The molecule has 3 N–H and O–H groups in total. The summed E-state index contributed by atoms with van der Waals surface area (Å²) in [5, 5.41) is 15.3. The summed E-state index contributed by atoms with van der Waals surface area (Å²) in [6.07, 6.45) is -8.21. The van der Waals surface area contributed by atoms with Gasteiger partial charge in [0, 0.05) is 43.9 Å². The Labute approximate surface area is 239 Å². The molecule has 0 saturated carbocycles. The number of anilines is 1. The van der Waals surface area contributed by atoms with E-state index in [1.807, 2.05) is 24.3 Å². The third-order valence-corrected chi connectivity index (χ3v) is 8.00. The van der Waals surface area contributed by atoms with Crippen molar-refractivity contribution in [1.82, 2.24) is 15.1 Å². The lowest BCUT2D eigenvalue weighted by atomic mass is 9.89. The number of nitrogens with one attached hydrogen (secondary N) is 2. The van der Waals surface area contributed by atoms with Gasteiger partial charge in [-0.25, -0.2) is 4.79 Å². The third kappa shape index (κ3) is 7.35. The number of carbonyl (C=O) groups excluding carboxylic acids is 2. The molecule has 13 heteroatoms. The maximum absolute atomic E-state index is 13.1. The second-order valence-corrected chi connectivity index (χ2v) is 11.1. The van der Waals surface area contributed by atoms with Gasteiger partial charge in [-0.2, -0.15) is 26.3 Å². The van der Waals surface area contributed by atoms with Crippen LogP contribution in [0.25, 0.3) is 0 Å². The molecular formula is C29H34F6N4O3. The lowest BCUT2D eigenvalue weighted by Gasteiger charge is -2.33. The average molecular weight is 601 g/mol. The van der Waals surface area contributed by atoms with Crippen LogP contribution in [-0.4, -0.2) is 71.9 Å². The van der Waals surface area contributed by atoms with Crippen LogP contribution in [0.15, 0.2) is 48.5 Å². The van der Waals surface area contributed by atoms with Gasteiger partial charge in [0.2, 0.25) is 5.91 Å². The zero-order valence-electron chi connectivity index (χ0n) is 23.1. The highest BCUT2D eigenvalue weighted by Gasteiger charge is 2.71. The van der Waals surface area contributed by atoms with Crippen LogP contribution in [0, 0.1) is 5.92 Å². The van der Waals surface area contributed by atoms with E-state index in [4.69, 9.17) is 0 Å². The molecule has 42 heavy (non-hydrogen) atoms. The van der Waals surface area contributed by atoms with Crippen molar-refractivity contribution in [2.24, 2.45) is 5.92 Å². The molecule has 1 unspecified atom stereocenters. The van der Waals surface area contributed by atoms with Crippen molar-refractivity contribution in [3.8, 4) is 0 Å². The molecule has 0 spiro atoms. The van der Waals surface area contributed by atoms with Crippen LogP contribution < -0.4 is 10.6 Å². The summed E-state index contributed by atoms with van der Waals surface area (Å²) in [4.78, 5) is 27.6. The topological polar surface area (TPSA) is 84.9 Å². The number of piperidine rings is 2. The van der Waals surface area contributed by atoms with Crippen LogP contribution in [0.4, 0.5) is 36.8 Å². The molecule has 2 aromatic carbocycles. The number of halogens is 6. The van der Waals surface area contributed by atoms with Crippen molar-refractivity contribution < 1.29 is 41.0 Å². The van der Waals surface area contributed by atoms with E-state index in [9.17, 15) is 41.0 Å². The Balaban J connectivity index is 1.22. The van der Waals surface area contributed by atoms with Crippen molar-refractivity contribution in [2.75, 3.05) is 32.0 Å². The van der Waals surface area contributed by atoms with E-state index in [2.05, 4.69) is 15.5 Å². The first-order valence-electron chi connectivity index (χ1n) is 13.7. The molecule has 0 aromatic heterocycles. The lowest BCUT2D eigenvalue weighted by Crippen LogP contribution is -2.53. The average Bonchev–Trinajstić information content (AvgIpc) is 2.92. The Morgan fingerprint density at radius 2 is 1.48 bits per heavy atom. The molecule has 2 fully saturated rings. The number of aliphatic hydroxyl groups is 1. The van der Waals surface area contributed by atoms with Crippen LogP contribution in [-0.2, 0) is 23.4 Å². The Morgan fingerprint density at radius 3 is 2.02 bits per heavy atom. The summed E-state index contributed by atoms with van der Waals surface area (Å²) in [5.41, 5.74) is -3.86. The highest BCUT2D eigenvalue weighted by atomic mass is 19.4. The Hall–Kier alpha value is -3.32. The standard InChI is InChI=1S/C29H34F6N4O3/c1-38-18-24(10-11-25(38)40)37-26(41)36-23-8-4-19(5-9-23)16-20-12-14-39(15-13-20)17-21-2-6-22(7-3-21)27(42,28(30,31)32)29(33,34)35/h2-9,20,24,42H,10-18H2,1H3,(H2,36,37,41). The molecule has 230 valence electrons. The van der Waals surface area contributed by atoms with Gasteiger partial charge in [0.05, 0.1) is 0 Å².